The average molecular weight is 603 g/mol. The Morgan fingerprint density at radius 2 is 1.39 bits per heavy atom. The Labute approximate surface area is 237 Å². The summed E-state index contributed by atoms with van der Waals surface area (Å²) in [5, 5.41) is -0.0484. The second-order valence-corrected chi connectivity index (χ2v) is 9.32. The van der Waals surface area contributed by atoms with Gasteiger partial charge >= 0.3 is 30.1 Å². The molecule has 5 atom stereocenters. The van der Waals surface area contributed by atoms with Gasteiger partial charge in [-0.1, -0.05) is 29.8 Å². The van der Waals surface area contributed by atoms with Crippen LogP contribution >= 0.6 is 11.6 Å². The van der Waals surface area contributed by atoms with Gasteiger partial charge in [-0.05, 0) is 35.4 Å². The number of benzene rings is 2. The molecule has 10 nitrogen and oxygen atoms in total. The van der Waals surface area contributed by atoms with Gasteiger partial charge in [0.1, 0.15) is 18.5 Å². The minimum atomic E-state index is -4.54. The maximum absolute atomic E-state index is 13.2. The maximum Gasteiger partial charge on any atom is 0.416 e. The van der Waals surface area contributed by atoms with Gasteiger partial charge < -0.3 is 28.4 Å². The van der Waals surface area contributed by atoms with Gasteiger partial charge in [0.15, 0.2) is 12.2 Å². The lowest BCUT2D eigenvalue weighted by Crippen LogP contribution is -2.63. The molecule has 1 heterocycles. The van der Waals surface area contributed by atoms with Crippen LogP contribution in [0.3, 0.4) is 0 Å². The van der Waals surface area contributed by atoms with Crippen LogP contribution in [0, 0.1) is 0 Å². The van der Waals surface area contributed by atoms with Crippen molar-refractivity contribution in [2.45, 2.75) is 64.6 Å². The molecule has 1 saturated heterocycles. The van der Waals surface area contributed by atoms with Gasteiger partial charge in [-0.3, -0.25) is 19.2 Å². The zero-order valence-electron chi connectivity index (χ0n) is 22.2. The van der Waals surface area contributed by atoms with Crippen LogP contribution in [0.5, 0.6) is 5.75 Å². The van der Waals surface area contributed by atoms with Gasteiger partial charge in [0, 0.05) is 27.7 Å². The Hall–Kier alpha value is -3.84. The standard InChI is InChI=1S/C27H26ClF3O10/c1-13(32)36-12-22-23(37-14(2)33)24(38-15(3)34)25(39-16(4)35)26(41-22)40-21-9-8-18(11-20(21)28)17-6-5-7-19(10-17)27(29,30)31/h5-11,22-26H,12H2,1-4H3/t22-,23-,24+,25+,26+/m1/s1. The van der Waals surface area contributed by atoms with E-state index in [0.29, 0.717) is 5.56 Å². The summed E-state index contributed by atoms with van der Waals surface area (Å²) in [5.74, 6) is -3.16. The number of hydrogen-bond donors (Lipinski definition) is 0. The molecule has 0 amide bonds. The van der Waals surface area contributed by atoms with E-state index >= 15 is 0 Å². The fourth-order valence-electron chi connectivity index (χ4n) is 4.06. The second-order valence-electron chi connectivity index (χ2n) is 8.91. The summed E-state index contributed by atoms with van der Waals surface area (Å²) in [6.45, 7) is 3.91. The monoisotopic (exact) mass is 602 g/mol. The Bertz CT molecular complexity index is 1300. The number of hydrogen-bond acceptors (Lipinski definition) is 10. The van der Waals surface area contributed by atoms with Crippen molar-refractivity contribution in [3.05, 3.63) is 53.1 Å². The van der Waals surface area contributed by atoms with E-state index in [1.165, 1.54) is 30.3 Å². The van der Waals surface area contributed by atoms with E-state index in [2.05, 4.69) is 0 Å². The molecule has 0 N–H and O–H groups in total. The molecule has 1 fully saturated rings. The number of ether oxygens (including phenoxy) is 6. The highest BCUT2D eigenvalue weighted by Gasteiger charge is 2.53. The molecular formula is C27H26ClF3O10. The molecular weight excluding hydrogens is 577 g/mol. The summed E-state index contributed by atoms with van der Waals surface area (Å²) in [4.78, 5) is 47.3. The molecule has 0 radical (unpaired) electrons. The lowest BCUT2D eigenvalue weighted by molar-refractivity contribution is -0.288. The van der Waals surface area contributed by atoms with Crippen molar-refractivity contribution in [2.24, 2.45) is 0 Å². The quantitative estimate of drug-likeness (QED) is 0.315. The molecule has 41 heavy (non-hydrogen) atoms. The molecule has 222 valence electrons. The molecule has 0 unspecified atom stereocenters. The second kappa shape index (κ2) is 13.2. The number of rotatable bonds is 8. The van der Waals surface area contributed by atoms with Crippen LogP contribution in [0.25, 0.3) is 11.1 Å². The number of carbonyl (C=O) groups is 4. The summed E-state index contributed by atoms with van der Waals surface area (Å²) < 4.78 is 72.3. The molecule has 0 bridgehead atoms. The van der Waals surface area contributed by atoms with Crippen molar-refractivity contribution in [1.29, 1.82) is 0 Å². The van der Waals surface area contributed by atoms with Gasteiger partial charge in [-0.2, -0.15) is 13.2 Å². The third kappa shape index (κ3) is 8.57. The minimum Gasteiger partial charge on any atom is -0.463 e. The minimum absolute atomic E-state index is 0.0386. The molecule has 14 heteroatoms. The normalized spacial score (nSPS) is 22.3. The van der Waals surface area contributed by atoms with E-state index in [1.54, 1.807) is 0 Å². The van der Waals surface area contributed by atoms with Crippen molar-refractivity contribution in [3.8, 4) is 16.9 Å². The van der Waals surface area contributed by atoms with E-state index in [0.717, 1.165) is 39.8 Å². The third-order valence-electron chi connectivity index (χ3n) is 5.65. The van der Waals surface area contributed by atoms with Crippen LogP contribution in [-0.2, 0) is 49.0 Å². The molecule has 2 aromatic carbocycles. The summed E-state index contributed by atoms with van der Waals surface area (Å²) in [5.41, 5.74) is -0.264. The predicted octanol–water partition coefficient (Wildman–Crippen LogP) is 4.49. The Morgan fingerprint density at radius 1 is 0.805 bits per heavy atom. The smallest absolute Gasteiger partial charge is 0.416 e. The lowest BCUT2D eigenvalue weighted by Gasteiger charge is -2.44. The number of carbonyl (C=O) groups excluding carboxylic acids is 4. The van der Waals surface area contributed by atoms with E-state index in [-0.39, 0.29) is 16.3 Å². The van der Waals surface area contributed by atoms with E-state index in [4.69, 9.17) is 40.0 Å². The summed E-state index contributed by atoms with van der Waals surface area (Å²) >= 11 is 6.40. The van der Waals surface area contributed by atoms with Gasteiger partial charge in [-0.15, -0.1) is 0 Å². The first kappa shape index (κ1) is 31.7. The summed E-state index contributed by atoms with van der Waals surface area (Å²) in [6.07, 6.45) is -11.6. The SMILES string of the molecule is CC(=O)OC[C@H]1O[C@H](Oc2ccc(-c3cccc(C(F)(F)F)c3)cc2Cl)[C@@H](OC(C)=O)[C@@H](OC(C)=O)[C@@H]1OC(C)=O. The first-order valence-corrected chi connectivity index (χ1v) is 12.5. The lowest BCUT2D eigenvalue weighted by atomic mass is 9.98. The Kier molecular flexibility index (Phi) is 10.2. The van der Waals surface area contributed by atoms with E-state index in [9.17, 15) is 32.3 Å². The van der Waals surface area contributed by atoms with Gasteiger partial charge in [0.2, 0.25) is 12.4 Å². The highest BCUT2D eigenvalue weighted by Crippen LogP contribution is 2.37. The molecule has 1 aliphatic rings. The first-order chi connectivity index (χ1) is 19.1. The molecule has 0 aromatic heterocycles. The zero-order valence-corrected chi connectivity index (χ0v) is 23.0. The molecule has 0 spiro atoms. The van der Waals surface area contributed by atoms with E-state index in [1.807, 2.05) is 0 Å². The molecule has 0 saturated carbocycles. The topological polar surface area (TPSA) is 124 Å². The van der Waals surface area contributed by atoms with E-state index < -0.39 is 72.9 Å². The molecule has 3 rings (SSSR count). The maximum atomic E-state index is 13.2. The van der Waals surface area contributed by atoms with Gasteiger partial charge in [0.05, 0.1) is 10.6 Å². The molecule has 1 aliphatic heterocycles. The van der Waals surface area contributed by atoms with Crippen LogP contribution in [0.15, 0.2) is 42.5 Å². The largest absolute Gasteiger partial charge is 0.463 e. The van der Waals surface area contributed by atoms with Crippen molar-refractivity contribution >= 4 is 35.5 Å². The first-order valence-electron chi connectivity index (χ1n) is 12.1. The Balaban J connectivity index is 1.98. The summed E-state index contributed by atoms with van der Waals surface area (Å²) in [6, 6.07) is 8.79. The number of halogens is 4. The average Bonchev–Trinajstić information content (AvgIpc) is 2.86. The van der Waals surface area contributed by atoms with Gasteiger partial charge in [0.25, 0.3) is 0 Å². The van der Waals surface area contributed by atoms with Crippen LogP contribution in [0.4, 0.5) is 13.2 Å². The fraction of sp³-hybridized carbons (Fsp3) is 0.407. The van der Waals surface area contributed by atoms with Crippen LogP contribution < -0.4 is 4.74 Å². The van der Waals surface area contributed by atoms with Crippen LogP contribution in [-0.4, -0.2) is 61.2 Å². The van der Waals surface area contributed by atoms with Crippen molar-refractivity contribution < 1.29 is 60.8 Å². The van der Waals surface area contributed by atoms with Crippen molar-refractivity contribution in [1.82, 2.24) is 0 Å². The van der Waals surface area contributed by atoms with Crippen LogP contribution in [0.2, 0.25) is 5.02 Å². The highest BCUT2D eigenvalue weighted by molar-refractivity contribution is 6.32. The number of alkyl halides is 3. The van der Waals surface area contributed by atoms with Crippen molar-refractivity contribution in [2.75, 3.05) is 6.61 Å². The predicted molar refractivity (Wildman–Crippen MR) is 134 cm³/mol. The highest BCUT2D eigenvalue weighted by atomic mass is 35.5. The third-order valence-corrected chi connectivity index (χ3v) is 5.94. The summed E-state index contributed by atoms with van der Waals surface area (Å²) in [7, 11) is 0. The molecule has 2 aromatic rings. The zero-order chi connectivity index (χ0) is 30.5. The Morgan fingerprint density at radius 3 is 1.95 bits per heavy atom. The van der Waals surface area contributed by atoms with Crippen molar-refractivity contribution in [3.63, 3.8) is 0 Å². The van der Waals surface area contributed by atoms with Crippen LogP contribution in [0.1, 0.15) is 33.3 Å². The number of esters is 4. The fourth-order valence-corrected chi connectivity index (χ4v) is 4.28. The van der Waals surface area contributed by atoms with Gasteiger partial charge in [-0.25, -0.2) is 0 Å². The molecule has 0 aliphatic carbocycles.